The molecule has 0 aromatic rings. The zero-order valence-corrected chi connectivity index (χ0v) is 40.7. The van der Waals surface area contributed by atoms with Crippen LogP contribution >= 0.6 is 0 Å². The molecule has 0 saturated carbocycles. The van der Waals surface area contributed by atoms with Gasteiger partial charge >= 0.3 is 12.0 Å². The van der Waals surface area contributed by atoms with Crippen molar-refractivity contribution in [3.8, 4) is 0 Å². The summed E-state index contributed by atoms with van der Waals surface area (Å²) >= 11 is 0. The molecule has 2 saturated heterocycles. The molecule has 0 aromatic heterocycles. The monoisotopic (exact) mass is 1010 g/mol. The maximum Gasteiger partial charge on any atom is 0.342 e. The summed E-state index contributed by atoms with van der Waals surface area (Å²) in [6.45, 7) is 5.78. The first-order valence-corrected chi connectivity index (χ1v) is 23.9. The summed E-state index contributed by atoms with van der Waals surface area (Å²) in [5.41, 5.74) is 11.2. The number of nitrogens with zero attached hydrogens (tertiary/aromatic N) is 1. The molecule has 402 valence electrons. The van der Waals surface area contributed by atoms with Crippen LogP contribution in [0.1, 0.15) is 79.1 Å². The van der Waals surface area contributed by atoms with Crippen molar-refractivity contribution in [3.05, 3.63) is 85.1 Å². The summed E-state index contributed by atoms with van der Waals surface area (Å²) in [6, 6.07) is -3.92. The number of rotatable bonds is 5. The molecule has 22 heteroatoms. The highest BCUT2D eigenvalue weighted by molar-refractivity contribution is 5.82. The van der Waals surface area contributed by atoms with Crippen LogP contribution in [-0.4, -0.2) is 189 Å². The lowest BCUT2D eigenvalue weighted by molar-refractivity contribution is -0.303. The van der Waals surface area contributed by atoms with Crippen LogP contribution in [0.25, 0.3) is 0 Å². The van der Waals surface area contributed by atoms with Crippen LogP contribution in [0.15, 0.2) is 85.1 Å². The molecule has 19 atom stereocenters. The van der Waals surface area contributed by atoms with Gasteiger partial charge in [0.15, 0.2) is 12.1 Å². The SMILES string of the molecule is C[C@@H]1[C@H](O)[C@@H](C)/C=C/C=C/C=C/C=C/C=C/C=C/C=C/[C@H](O[C@@H]2O[C@H](C)[C@@H](O)[C@H](N)[C@@H]2O)C[C@@H]2O[C@](O)(C[C@@H](O)C[C@@H](O)[C@H](O)CC[C@@H](O)C[C@@H](O)CC(=O)O[C@H]1C)C[C@H](O)[C@H]2NC(=O)N(O)CC(N)=O. The lowest BCUT2D eigenvalue weighted by atomic mass is 9.87. The fraction of sp³-hybridized carbons (Fsp3) is 0.653. The molecule has 3 aliphatic rings. The Kier molecular flexibility index (Phi) is 25.9. The third kappa shape index (κ3) is 21.0. The van der Waals surface area contributed by atoms with E-state index in [1.165, 1.54) is 13.0 Å². The van der Waals surface area contributed by atoms with Gasteiger partial charge in [0.2, 0.25) is 5.91 Å². The number of urea groups is 1. The average molecular weight is 1010 g/mol. The van der Waals surface area contributed by atoms with Gasteiger partial charge in [-0.2, -0.15) is 5.06 Å². The van der Waals surface area contributed by atoms with Crippen molar-refractivity contribution >= 4 is 17.9 Å². The zero-order chi connectivity index (χ0) is 53.0. The summed E-state index contributed by atoms with van der Waals surface area (Å²) in [6.07, 6.45) is 2.66. The number of hydroxylamine groups is 2. The van der Waals surface area contributed by atoms with Gasteiger partial charge in [-0.05, 0) is 33.1 Å². The lowest BCUT2D eigenvalue weighted by Crippen LogP contribution is -2.64. The van der Waals surface area contributed by atoms with Crippen LogP contribution in [0.4, 0.5) is 4.79 Å². The number of nitrogens with one attached hydrogen (secondary N) is 1. The minimum absolute atomic E-state index is 0.0360. The first-order valence-electron chi connectivity index (χ1n) is 23.9. The summed E-state index contributed by atoms with van der Waals surface area (Å²) in [5.74, 6) is -4.96. The van der Waals surface area contributed by atoms with Crippen molar-refractivity contribution in [2.24, 2.45) is 23.3 Å². The smallest absolute Gasteiger partial charge is 0.342 e. The minimum Gasteiger partial charge on any atom is -0.462 e. The first-order chi connectivity index (χ1) is 33.4. The Labute approximate surface area is 414 Å². The Bertz CT molecular complexity index is 1860. The Hall–Kier alpha value is -4.21. The highest BCUT2D eigenvalue weighted by atomic mass is 16.7. The number of primary amides is 1. The quantitative estimate of drug-likeness (QED) is 0.0917. The third-order valence-electron chi connectivity index (χ3n) is 12.6. The van der Waals surface area contributed by atoms with Crippen molar-refractivity contribution < 1.29 is 89.6 Å². The van der Waals surface area contributed by atoms with E-state index in [4.69, 9.17) is 30.4 Å². The van der Waals surface area contributed by atoms with Crippen LogP contribution in [-0.2, 0) is 28.5 Å². The second kappa shape index (κ2) is 30.1. The molecule has 0 aliphatic carbocycles. The third-order valence-corrected chi connectivity index (χ3v) is 12.6. The minimum atomic E-state index is -2.38. The number of ether oxygens (including phenoxy) is 4. The number of hydrogen-bond donors (Lipinski definition) is 14. The van der Waals surface area contributed by atoms with Gasteiger partial charge in [-0.3, -0.25) is 14.8 Å². The van der Waals surface area contributed by atoms with Crippen molar-refractivity contribution in [1.82, 2.24) is 10.4 Å². The maximum atomic E-state index is 13.0. The molecule has 0 unspecified atom stereocenters. The molecule has 3 rings (SSSR count). The van der Waals surface area contributed by atoms with Gasteiger partial charge in [0.05, 0.1) is 85.6 Å². The predicted octanol–water partition coefficient (Wildman–Crippen LogP) is -0.734. The number of hydrogen-bond acceptors (Lipinski definition) is 19. The number of cyclic esters (lactones) is 1. The van der Waals surface area contributed by atoms with E-state index < -0.39 is 160 Å². The summed E-state index contributed by atoms with van der Waals surface area (Å²) < 4.78 is 23.5. The van der Waals surface area contributed by atoms with Gasteiger partial charge in [0.1, 0.15) is 18.8 Å². The van der Waals surface area contributed by atoms with Crippen LogP contribution in [0.5, 0.6) is 0 Å². The molecule has 2 fully saturated rings. The number of carbonyl (C=O) groups is 3. The van der Waals surface area contributed by atoms with Crippen molar-refractivity contribution in [1.29, 1.82) is 0 Å². The number of fused-ring (bicyclic) bond motifs is 2. The summed E-state index contributed by atoms with van der Waals surface area (Å²) in [7, 11) is 0. The summed E-state index contributed by atoms with van der Waals surface area (Å²) in [4.78, 5) is 37.1. The van der Waals surface area contributed by atoms with Crippen LogP contribution in [0.2, 0.25) is 0 Å². The van der Waals surface area contributed by atoms with Crippen LogP contribution in [0.3, 0.4) is 0 Å². The zero-order valence-electron chi connectivity index (χ0n) is 40.7. The van der Waals surface area contributed by atoms with Crippen LogP contribution < -0.4 is 16.8 Å². The van der Waals surface area contributed by atoms with Gasteiger partial charge in [0, 0.05) is 37.5 Å². The van der Waals surface area contributed by atoms with E-state index in [1.807, 2.05) is 13.0 Å². The predicted molar refractivity (Wildman–Crippen MR) is 256 cm³/mol. The number of esters is 1. The number of aliphatic hydroxyl groups is 10. The van der Waals surface area contributed by atoms with Gasteiger partial charge in [-0.15, -0.1) is 0 Å². The van der Waals surface area contributed by atoms with Gasteiger partial charge in [0.25, 0.3) is 0 Å². The van der Waals surface area contributed by atoms with E-state index in [0.717, 1.165) is 0 Å². The van der Waals surface area contributed by atoms with E-state index in [1.54, 1.807) is 86.8 Å². The molecular formula is C49H78N4O18. The van der Waals surface area contributed by atoms with Crippen molar-refractivity contribution in [3.63, 3.8) is 0 Å². The number of nitrogens with two attached hydrogens (primary N) is 2. The molecule has 0 aromatic carbocycles. The average Bonchev–Trinajstić information content (AvgIpc) is 3.28. The van der Waals surface area contributed by atoms with E-state index in [9.17, 15) is 70.7 Å². The summed E-state index contributed by atoms with van der Waals surface area (Å²) in [5, 5.41) is 122. The van der Waals surface area contributed by atoms with Crippen molar-refractivity contribution in [2.45, 2.75) is 183 Å². The number of allylic oxidation sites excluding steroid dienone is 12. The number of carbonyl (C=O) groups excluding carboxylic acids is 3. The standard InChI is InChI=1S/C49H78N4O18/c1-28-17-15-13-11-9-7-5-6-8-10-12-14-16-18-35(70-47-46(64)42(51)45(63)31(4)69-47)24-39-43(52-48(65)53(67)27-40(50)60)38(59)26-49(66,71-39)25-34(56)22-37(58)36(57)20-19-32(54)21-33(55)23-41(61)68-30(3)29(2)44(28)62/h5-18,28-39,42-47,54-59,62-64,66-67H,19-27,51H2,1-4H3,(H2,50,60)(H,52,65)/b6-5+,9-7+,10-8+,13-11+,14-12+,17-15+,18-16+/t28-,29-,30-,31+,32+,33+,34-,35-,36+,37+,38-,39-,42-,43+,44+,45+,46-,47-,49+/m0/s1. The number of aliphatic hydroxyl groups excluding tert-OH is 9. The van der Waals surface area contributed by atoms with Crippen molar-refractivity contribution in [2.75, 3.05) is 6.54 Å². The highest BCUT2D eigenvalue weighted by Crippen LogP contribution is 2.35. The Balaban J connectivity index is 1.94. The largest absolute Gasteiger partial charge is 0.462 e. The molecule has 0 radical (unpaired) electrons. The molecular weight excluding hydrogens is 933 g/mol. The van der Waals surface area contributed by atoms with E-state index >= 15 is 0 Å². The van der Waals surface area contributed by atoms with E-state index in [0.29, 0.717) is 0 Å². The first kappa shape index (κ1) is 61.1. The van der Waals surface area contributed by atoms with Crippen LogP contribution in [0, 0.1) is 11.8 Å². The Morgan fingerprint density at radius 3 is 1.89 bits per heavy atom. The normalized spacial score (nSPS) is 42.5. The number of amides is 3. The molecule has 0 spiro atoms. The topological polar surface area (TPSA) is 378 Å². The van der Waals surface area contributed by atoms with E-state index in [2.05, 4.69) is 5.32 Å². The second-order valence-electron chi connectivity index (χ2n) is 18.7. The van der Waals surface area contributed by atoms with Gasteiger partial charge in [-0.1, -0.05) is 98.9 Å². The highest BCUT2D eigenvalue weighted by Gasteiger charge is 2.49. The Morgan fingerprint density at radius 2 is 1.30 bits per heavy atom. The Morgan fingerprint density at radius 1 is 0.718 bits per heavy atom. The fourth-order valence-corrected chi connectivity index (χ4v) is 8.27. The van der Waals surface area contributed by atoms with Gasteiger partial charge in [-0.25, -0.2) is 4.79 Å². The van der Waals surface area contributed by atoms with E-state index in [-0.39, 0.29) is 36.7 Å². The molecule has 71 heavy (non-hydrogen) atoms. The molecule has 2 bridgehead atoms. The molecule has 22 nitrogen and oxygen atoms in total. The molecule has 3 heterocycles. The fourth-order valence-electron chi connectivity index (χ4n) is 8.27. The maximum absolute atomic E-state index is 13.0. The lowest BCUT2D eigenvalue weighted by Gasteiger charge is -2.46. The van der Waals surface area contributed by atoms with Gasteiger partial charge < -0.3 is 86.8 Å². The molecule has 16 N–H and O–H groups in total. The molecule has 3 amide bonds. The second-order valence-corrected chi connectivity index (χ2v) is 18.7. The molecule has 3 aliphatic heterocycles.